The first kappa shape index (κ1) is 18.4. The van der Waals surface area contributed by atoms with Gasteiger partial charge >= 0.3 is 0 Å². The molecule has 3 rings (SSSR count). The van der Waals surface area contributed by atoms with Crippen LogP contribution in [0.2, 0.25) is 0 Å². The molecule has 2 heterocycles. The quantitative estimate of drug-likeness (QED) is 0.881. The minimum absolute atomic E-state index is 0.0454. The molecule has 1 aliphatic heterocycles. The Morgan fingerprint density at radius 2 is 2.08 bits per heavy atom. The van der Waals surface area contributed by atoms with Crippen LogP contribution in [-0.4, -0.2) is 59.4 Å². The Morgan fingerprint density at radius 3 is 2.85 bits per heavy atom. The van der Waals surface area contributed by atoms with E-state index in [4.69, 9.17) is 9.47 Å². The van der Waals surface area contributed by atoms with Gasteiger partial charge in [-0.1, -0.05) is 18.2 Å². The zero-order valence-corrected chi connectivity index (χ0v) is 14.9. The van der Waals surface area contributed by atoms with E-state index in [0.717, 1.165) is 16.9 Å². The molecule has 2 aromatic rings. The van der Waals surface area contributed by atoms with Gasteiger partial charge in [0.2, 0.25) is 5.91 Å². The third-order valence-electron chi connectivity index (χ3n) is 4.41. The molecule has 1 fully saturated rings. The number of aliphatic hydroxyl groups is 1. The van der Waals surface area contributed by atoms with E-state index in [1.165, 1.54) is 0 Å². The molecule has 1 aromatic carbocycles. The van der Waals surface area contributed by atoms with Gasteiger partial charge in [0.25, 0.3) is 0 Å². The van der Waals surface area contributed by atoms with E-state index in [-0.39, 0.29) is 32.1 Å². The fourth-order valence-electron chi connectivity index (χ4n) is 2.93. The SMILES string of the molecule is Cc1ccccc1OC[C@@]1(O)COCCN(C(=O)Cc2ccncc2)C1. The lowest BCUT2D eigenvalue weighted by atomic mass is 10.1. The van der Waals surface area contributed by atoms with Crippen molar-refractivity contribution in [1.29, 1.82) is 0 Å². The molecule has 0 bridgehead atoms. The number of nitrogens with zero attached hydrogens (tertiary/aromatic N) is 2. The highest BCUT2D eigenvalue weighted by atomic mass is 16.5. The molecule has 1 aromatic heterocycles. The largest absolute Gasteiger partial charge is 0.490 e. The van der Waals surface area contributed by atoms with E-state index in [0.29, 0.717) is 13.2 Å². The summed E-state index contributed by atoms with van der Waals surface area (Å²) in [6.45, 7) is 3.19. The summed E-state index contributed by atoms with van der Waals surface area (Å²) >= 11 is 0. The van der Waals surface area contributed by atoms with Crippen LogP contribution in [0.25, 0.3) is 0 Å². The summed E-state index contributed by atoms with van der Waals surface area (Å²) in [6.07, 6.45) is 3.61. The van der Waals surface area contributed by atoms with Gasteiger partial charge in [0.05, 0.1) is 26.2 Å². The smallest absolute Gasteiger partial charge is 0.227 e. The Morgan fingerprint density at radius 1 is 1.31 bits per heavy atom. The van der Waals surface area contributed by atoms with E-state index in [1.54, 1.807) is 17.3 Å². The van der Waals surface area contributed by atoms with Crippen molar-refractivity contribution in [1.82, 2.24) is 9.88 Å². The molecule has 0 radical (unpaired) electrons. The molecule has 1 saturated heterocycles. The van der Waals surface area contributed by atoms with Crippen LogP contribution >= 0.6 is 0 Å². The highest BCUT2D eigenvalue weighted by Gasteiger charge is 2.35. The molecule has 138 valence electrons. The molecule has 6 nitrogen and oxygen atoms in total. The third-order valence-corrected chi connectivity index (χ3v) is 4.41. The van der Waals surface area contributed by atoms with E-state index in [9.17, 15) is 9.90 Å². The summed E-state index contributed by atoms with van der Waals surface area (Å²) in [5.41, 5.74) is 0.651. The Hall–Kier alpha value is -2.44. The highest BCUT2D eigenvalue weighted by Crippen LogP contribution is 2.20. The van der Waals surface area contributed by atoms with Gasteiger partial charge in [0, 0.05) is 18.9 Å². The van der Waals surface area contributed by atoms with Gasteiger partial charge in [-0.2, -0.15) is 0 Å². The lowest BCUT2D eigenvalue weighted by molar-refractivity contribution is -0.134. The second-order valence-electron chi connectivity index (χ2n) is 6.68. The average Bonchev–Trinajstić information content (AvgIpc) is 2.84. The number of aryl methyl sites for hydroxylation is 1. The van der Waals surface area contributed by atoms with E-state index in [2.05, 4.69) is 4.98 Å². The van der Waals surface area contributed by atoms with Crippen molar-refractivity contribution in [2.75, 3.05) is 32.9 Å². The second-order valence-corrected chi connectivity index (χ2v) is 6.68. The van der Waals surface area contributed by atoms with Crippen LogP contribution in [0.5, 0.6) is 5.75 Å². The number of rotatable bonds is 5. The number of aromatic nitrogens is 1. The van der Waals surface area contributed by atoms with Crippen LogP contribution in [0, 0.1) is 6.92 Å². The van der Waals surface area contributed by atoms with Gasteiger partial charge in [-0.15, -0.1) is 0 Å². The van der Waals surface area contributed by atoms with Crippen LogP contribution in [0.3, 0.4) is 0 Å². The summed E-state index contributed by atoms with van der Waals surface area (Å²) in [7, 11) is 0. The molecule has 26 heavy (non-hydrogen) atoms. The first-order valence-electron chi connectivity index (χ1n) is 8.71. The fraction of sp³-hybridized carbons (Fsp3) is 0.400. The van der Waals surface area contributed by atoms with Gasteiger partial charge in [0.15, 0.2) is 0 Å². The second kappa shape index (κ2) is 8.29. The third kappa shape index (κ3) is 4.80. The fourth-order valence-corrected chi connectivity index (χ4v) is 2.93. The predicted octanol–water partition coefficient (Wildman–Crippen LogP) is 1.60. The lowest BCUT2D eigenvalue weighted by Gasteiger charge is -2.31. The molecule has 0 spiro atoms. The van der Waals surface area contributed by atoms with Crippen LogP contribution in [0.15, 0.2) is 48.8 Å². The summed E-state index contributed by atoms with van der Waals surface area (Å²) in [5.74, 6) is 0.677. The number of carbonyl (C=O) groups is 1. The van der Waals surface area contributed by atoms with Crippen molar-refractivity contribution in [3.8, 4) is 5.75 Å². The Kier molecular flexibility index (Phi) is 5.85. The number of amides is 1. The van der Waals surface area contributed by atoms with Gasteiger partial charge in [-0.3, -0.25) is 9.78 Å². The first-order chi connectivity index (χ1) is 12.6. The van der Waals surface area contributed by atoms with Gasteiger partial charge in [-0.25, -0.2) is 0 Å². The lowest BCUT2D eigenvalue weighted by Crippen LogP contribution is -2.50. The van der Waals surface area contributed by atoms with Gasteiger partial charge in [-0.05, 0) is 36.2 Å². The molecule has 1 aliphatic rings. The molecule has 6 heteroatoms. The van der Waals surface area contributed by atoms with Crippen molar-refractivity contribution in [3.63, 3.8) is 0 Å². The summed E-state index contributed by atoms with van der Waals surface area (Å²) in [6, 6.07) is 11.3. The van der Waals surface area contributed by atoms with Crippen LogP contribution in [-0.2, 0) is 16.0 Å². The zero-order chi connectivity index (χ0) is 18.4. The maximum Gasteiger partial charge on any atom is 0.227 e. The standard InChI is InChI=1S/C20H24N2O4/c1-16-4-2-3-5-18(16)26-15-20(24)13-22(10-11-25-14-20)19(23)12-17-6-8-21-9-7-17/h2-9,24H,10-15H2,1H3/t20-/m0/s1. The topological polar surface area (TPSA) is 71.9 Å². The number of ether oxygens (including phenoxy) is 2. The Bertz CT molecular complexity index is 738. The first-order valence-corrected chi connectivity index (χ1v) is 8.71. The van der Waals surface area contributed by atoms with Crippen molar-refractivity contribution in [3.05, 3.63) is 59.9 Å². The van der Waals surface area contributed by atoms with Crippen molar-refractivity contribution in [2.24, 2.45) is 0 Å². The number of pyridine rings is 1. The normalized spacial score (nSPS) is 20.5. The number of hydrogen-bond acceptors (Lipinski definition) is 5. The number of carbonyl (C=O) groups excluding carboxylic acids is 1. The zero-order valence-electron chi connectivity index (χ0n) is 14.9. The molecule has 0 unspecified atom stereocenters. The molecular weight excluding hydrogens is 332 g/mol. The molecule has 0 aliphatic carbocycles. The van der Waals surface area contributed by atoms with E-state index in [1.807, 2.05) is 43.3 Å². The molecule has 1 atom stereocenters. The van der Waals surface area contributed by atoms with Gasteiger partial charge < -0.3 is 19.5 Å². The van der Waals surface area contributed by atoms with Crippen LogP contribution in [0.4, 0.5) is 0 Å². The van der Waals surface area contributed by atoms with Crippen molar-refractivity contribution >= 4 is 5.91 Å². The number of para-hydroxylation sites is 1. The van der Waals surface area contributed by atoms with Crippen LogP contribution in [0.1, 0.15) is 11.1 Å². The molecular formula is C20H24N2O4. The maximum absolute atomic E-state index is 12.6. The van der Waals surface area contributed by atoms with Crippen molar-refractivity contribution < 1.29 is 19.4 Å². The van der Waals surface area contributed by atoms with Crippen molar-refractivity contribution in [2.45, 2.75) is 18.9 Å². The Balaban J connectivity index is 1.64. The van der Waals surface area contributed by atoms with E-state index >= 15 is 0 Å². The predicted molar refractivity (Wildman–Crippen MR) is 97.0 cm³/mol. The van der Waals surface area contributed by atoms with Gasteiger partial charge in [0.1, 0.15) is 18.0 Å². The minimum Gasteiger partial charge on any atom is -0.490 e. The molecule has 1 N–H and O–H groups in total. The van der Waals surface area contributed by atoms with E-state index < -0.39 is 5.60 Å². The number of benzene rings is 1. The Labute approximate surface area is 153 Å². The number of hydrogen-bond donors (Lipinski definition) is 1. The summed E-state index contributed by atoms with van der Waals surface area (Å²) in [5, 5.41) is 10.9. The maximum atomic E-state index is 12.6. The summed E-state index contributed by atoms with van der Waals surface area (Å²) < 4.78 is 11.3. The highest BCUT2D eigenvalue weighted by molar-refractivity contribution is 5.78. The van der Waals surface area contributed by atoms with Crippen LogP contribution < -0.4 is 4.74 Å². The minimum atomic E-state index is -1.24. The molecule has 1 amide bonds. The average molecular weight is 356 g/mol. The molecule has 0 saturated carbocycles. The number of β-amino-alcohol motifs (C(OH)–C–C–N with tert-alkyl or cyclic N) is 1. The summed E-state index contributed by atoms with van der Waals surface area (Å²) in [4.78, 5) is 18.2. The monoisotopic (exact) mass is 356 g/mol.